The Bertz CT molecular complexity index is 753. The number of carbonyl (C=O) groups excluding carboxylic acids is 1. The van der Waals surface area contributed by atoms with E-state index in [4.69, 9.17) is 5.11 Å². The van der Waals surface area contributed by atoms with Gasteiger partial charge in [0.25, 0.3) is 0 Å². The summed E-state index contributed by atoms with van der Waals surface area (Å²) >= 11 is 0. The minimum atomic E-state index is -1.39. The highest BCUT2D eigenvalue weighted by Gasteiger charge is 2.37. The van der Waals surface area contributed by atoms with Crippen molar-refractivity contribution in [2.24, 2.45) is 4.99 Å². The van der Waals surface area contributed by atoms with Crippen LogP contribution in [-0.2, 0) is 16.0 Å². The van der Waals surface area contributed by atoms with Gasteiger partial charge in [0.1, 0.15) is 24.4 Å². The molecule has 1 heterocycles. The molecule has 4 atom stereocenters. The van der Waals surface area contributed by atoms with Gasteiger partial charge >= 0.3 is 5.97 Å². The van der Waals surface area contributed by atoms with Crippen molar-refractivity contribution >= 4 is 23.3 Å². The van der Waals surface area contributed by atoms with E-state index in [9.17, 15) is 30.0 Å². The summed E-state index contributed by atoms with van der Waals surface area (Å²) in [5.41, 5.74) is 1.92. The third-order valence-electron chi connectivity index (χ3n) is 5.14. The highest BCUT2D eigenvalue weighted by atomic mass is 16.4. The molecule has 0 aliphatic carbocycles. The number of aliphatic carboxylic acids is 1. The topological polar surface area (TPSA) is 160 Å². The number of para-hydroxylation sites is 1. The number of hydrogen-bond acceptors (Lipinski definition) is 7. The lowest BCUT2D eigenvalue weighted by Crippen LogP contribution is -2.52. The first-order valence-electron chi connectivity index (χ1n) is 10.1. The molecule has 0 spiro atoms. The smallest absolute Gasteiger partial charge is 0.303 e. The van der Waals surface area contributed by atoms with Gasteiger partial charge < -0.3 is 30.8 Å². The lowest BCUT2D eigenvalue weighted by molar-refractivity contribution is -0.137. The Hall–Kier alpha value is -2.33. The third kappa shape index (κ3) is 6.88. The van der Waals surface area contributed by atoms with Crippen LogP contribution in [0.1, 0.15) is 44.1 Å². The van der Waals surface area contributed by atoms with Gasteiger partial charge in [0, 0.05) is 24.2 Å². The van der Waals surface area contributed by atoms with Crippen LogP contribution in [0.15, 0.2) is 29.3 Å². The molecule has 6 N–H and O–H groups in total. The van der Waals surface area contributed by atoms with Crippen LogP contribution in [0.2, 0.25) is 0 Å². The number of aliphatic hydroxyl groups is 4. The Kier molecular flexibility index (Phi) is 9.38. The minimum Gasteiger partial charge on any atom is -0.481 e. The van der Waals surface area contributed by atoms with Crippen molar-refractivity contribution in [1.82, 2.24) is 0 Å². The van der Waals surface area contributed by atoms with Gasteiger partial charge in [0.15, 0.2) is 0 Å². The molecule has 2 rings (SSSR count). The summed E-state index contributed by atoms with van der Waals surface area (Å²) in [6.07, 6.45) is -1.19. The third-order valence-corrected chi connectivity index (χ3v) is 5.14. The van der Waals surface area contributed by atoms with E-state index < -0.39 is 36.9 Å². The monoisotopic (exact) mass is 422 g/mol. The van der Waals surface area contributed by atoms with Crippen LogP contribution in [0.3, 0.4) is 0 Å². The standard InChI is InChI=1S/C21H30N2O7/c24-12-16-20(29)21(30)19(28)15(22-16)9-5-7-13-6-1-2-8-14(13)23-17(25)10-3-4-11-18(26)27/h1-2,6,8,16,19-21,24,28-30H,3-5,7,9-12H2,(H,23,25)(H,26,27). The summed E-state index contributed by atoms with van der Waals surface area (Å²) < 4.78 is 0. The number of rotatable bonds is 11. The van der Waals surface area contributed by atoms with Gasteiger partial charge in [-0.1, -0.05) is 18.2 Å². The van der Waals surface area contributed by atoms with E-state index in [0.717, 1.165) is 5.56 Å². The number of nitrogens with zero attached hydrogens (tertiary/aromatic N) is 1. The first-order valence-corrected chi connectivity index (χ1v) is 10.1. The van der Waals surface area contributed by atoms with Crippen molar-refractivity contribution in [3.8, 4) is 0 Å². The number of aliphatic hydroxyl groups excluding tert-OH is 4. The molecule has 0 radical (unpaired) electrons. The molecule has 166 valence electrons. The molecule has 1 amide bonds. The summed E-state index contributed by atoms with van der Waals surface area (Å²) in [5.74, 6) is -1.05. The number of nitrogens with one attached hydrogen (secondary N) is 1. The number of anilines is 1. The molecule has 1 aromatic rings. The summed E-state index contributed by atoms with van der Waals surface area (Å²) in [4.78, 5) is 26.8. The van der Waals surface area contributed by atoms with Crippen LogP contribution in [-0.4, -0.2) is 74.1 Å². The Morgan fingerprint density at radius 1 is 0.967 bits per heavy atom. The maximum absolute atomic E-state index is 12.1. The van der Waals surface area contributed by atoms with Gasteiger partial charge in [-0.15, -0.1) is 0 Å². The Balaban J connectivity index is 1.89. The zero-order valence-corrected chi connectivity index (χ0v) is 16.8. The number of benzene rings is 1. The molecule has 0 saturated heterocycles. The number of unbranched alkanes of at least 4 members (excludes halogenated alkanes) is 1. The largest absolute Gasteiger partial charge is 0.481 e. The fourth-order valence-corrected chi connectivity index (χ4v) is 3.43. The first-order chi connectivity index (χ1) is 14.3. The van der Waals surface area contributed by atoms with Crippen LogP contribution in [0.5, 0.6) is 0 Å². The maximum atomic E-state index is 12.1. The van der Waals surface area contributed by atoms with Crippen molar-refractivity contribution in [2.75, 3.05) is 11.9 Å². The lowest BCUT2D eigenvalue weighted by atomic mass is 9.91. The van der Waals surface area contributed by atoms with Gasteiger partial charge in [0.05, 0.1) is 6.61 Å². The van der Waals surface area contributed by atoms with Gasteiger partial charge in [-0.05, 0) is 43.7 Å². The second-order valence-electron chi connectivity index (χ2n) is 7.46. The summed E-state index contributed by atoms with van der Waals surface area (Å²) in [6, 6.07) is 6.48. The zero-order chi connectivity index (χ0) is 22.1. The molecule has 30 heavy (non-hydrogen) atoms. The zero-order valence-electron chi connectivity index (χ0n) is 16.8. The Labute approximate surface area is 175 Å². The van der Waals surface area contributed by atoms with E-state index in [1.165, 1.54) is 0 Å². The summed E-state index contributed by atoms with van der Waals surface area (Å²) in [5, 5.41) is 50.6. The van der Waals surface area contributed by atoms with Crippen molar-refractivity contribution < 1.29 is 35.1 Å². The van der Waals surface area contributed by atoms with E-state index in [0.29, 0.717) is 43.5 Å². The molecular weight excluding hydrogens is 392 g/mol. The molecule has 4 unspecified atom stereocenters. The van der Waals surface area contributed by atoms with E-state index in [1.807, 2.05) is 18.2 Å². The summed E-state index contributed by atoms with van der Waals surface area (Å²) in [7, 11) is 0. The number of carboxylic acids is 1. The maximum Gasteiger partial charge on any atom is 0.303 e. The molecule has 1 aliphatic rings. The molecule has 9 nitrogen and oxygen atoms in total. The first kappa shape index (κ1) is 23.9. The highest BCUT2D eigenvalue weighted by Crippen LogP contribution is 2.22. The van der Waals surface area contributed by atoms with Crippen molar-refractivity contribution in [3.05, 3.63) is 29.8 Å². The quantitative estimate of drug-likeness (QED) is 0.283. The van der Waals surface area contributed by atoms with Crippen molar-refractivity contribution in [3.63, 3.8) is 0 Å². The number of carboxylic acid groups (broad SMARTS) is 1. The fourth-order valence-electron chi connectivity index (χ4n) is 3.43. The molecule has 1 aromatic carbocycles. The molecule has 0 fully saturated rings. The van der Waals surface area contributed by atoms with E-state index in [2.05, 4.69) is 10.3 Å². The van der Waals surface area contributed by atoms with Gasteiger partial charge in [-0.2, -0.15) is 0 Å². The molecule has 0 saturated carbocycles. The van der Waals surface area contributed by atoms with Gasteiger partial charge in [-0.3, -0.25) is 14.6 Å². The molecular formula is C21H30N2O7. The number of hydrogen-bond donors (Lipinski definition) is 6. The Morgan fingerprint density at radius 2 is 1.67 bits per heavy atom. The molecule has 0 bridgehead atoms. The van der Waals surface area contributed by atoms with E-state index >= 15 is 0 Å². The van der Waals surface area contributed by atoms with Crippen LogP contribution < -0.4 is 5.32 Å². The molecule has 1 aliphatic heterocycles. The van der Waals surface area contributed by atoms with Crippen molar-refractivity contribution in [2.45, 2.75) is 69.3 Å². The van der Waals surface area contributed by atoms with Crippen LogP contribution in [0, 0.1) is 0 Å². The van der Waals surface area contributed by atoms with E-state index in [-0.39, 0.29) is 18.7 Å². The van der Waals surface area contributed by atoms with Gasteiger partial charge in [0.2, 0.25) is 5.91 Å². The Morgan fingerprint density at radius 3 is 2.37 bits per heavy atom. The summed E-state index contributed by atoms with van der Waals surface area (Å²) in [6.45, 7) is -0.421. The number of aryl methyl sites for hydroxylation is 1. The van der Waals surface area contributed by atoms with E-state index in [1.54, 1.807) is 6.07 Å². The number of amides is 1. The normalized spacial score (nSPS) is 23.7. The predicted octanol–water partition coefficient (Wildman–Crippen LogP) is 0.491. The SMILES string of the molecule is O=C(O)CCCCC(=O)Nc1ccccc1CCCC1=NC(CO)C(O)C(O)C1O. The number of aliphatic imine (C=N–C) groups is 1. The molecule has 0 aromatic heterocycles. The fraction of sp³-hybridized carbons (Fsp3) is 0.571. The predicted molar refractivity (Wildman–Crippen MR) is 110 cm³/mol. The number of carbonyl (C=O) groups is 2. The van der Waals surface area contributed by atoms with Crippen LogP contribution in [0.4, 0.5) is 5.69 Å². The second-order valence-corrected chi connectivity index (χ2v) is 7.46. The highest BCUT2D eigenvalue weighted by molar-refractivity contribution is 5.92. The van der Waals surface area contributed by atoms with Crippen molar-refractivity contribution in [1.29, 1.82) is 0 Å². The second kappa shape index (κ2) is 11.8. The average molecular weight is 422 g/mol. The van der Waals surface area contributed by atoms with Crippen LogP contribution in [0.25, 0.3) is 0 Å². The van der Waals surface area contributed by atoms with Crippen LogP contribution >= 0.6 is 0 Å². The lowest BCUT2D eigenvalue weighted by Gasteiger charge is -2.33. The van der Waals surface area contributed by atoms with Gasteiger partial charge in [-0.25, -0.2) is 0 Å². The average Bonchev–Trinajstić information content (AvgIpc) is 2.72. The minimum absolute atomic E-state index is 0.0441. The molecule has 9 heteroatoms.